The van der Waals surface area contributed by atoms with Crippen LogP contribution >= 0.6 is 0 Å². The molecule has 0 unspecified atom stereocenters. The molecule has 0 amide bonds. The predicted molar refractivity (Wildman–Crippen MR) is 75.6 cm³/mol. The Hall–Kier alpha value is -1.88. The molecular formula is C15H18FN3O. The van der Waals surface area contributed by atoms with Crippen molar-refractivity contribution in [1.82, 2.24) is 10.3 Å². The van der Waals surface area contributed by atoms with E-state index in [1.54, 1.807) is 12.3 Å². The van der Waals surface area contributed by atoms with Crippen LogP contribution in [0.1, 0.15) is 25.1 Å². The van der Waals surface area contributed by atoms with Gasteiger partial charge in [-0.3, -0.25) is 4.90 Å². The summed E-state index contributed by atoms with van der Waals surface area (Å²) < 4.78 is 18.9. The SMILES string of the molecule is CC(C)NCc1coc(N2CCc3ccc(F)cc32)n1. The van der Waals surface area contributed by atoms with Gasteiger partial charge in [0.2, 0.25) is 0 Å². The molecule has 0 saturated heterocycles. The molecule has 5 heteroatoms. The van der Waals surface area contributed by atoms with E-state index in [1.807, 2.05) is 11.0 Å². The van der Waals surface area contributed by atoms with Crippen LogP contribution in [-0.4, -0.2) is 17.6 Å². The van der Waals surface area contributed by atoms with Gasteiger partial charge in [-0.1, -0.05) is 19.9 Å². The quantitative estimate of drug-likeness (QED) is 0.931. The first-order chi connectivity index (χ1) is 9.63. The number of rotatable bonds is 4. The first-order valence-corrected chi connectivity index (χ1v) is 6.87. The van der Waals surface area contributed by atoms with E-state index in [1.165, 1.54) is 6.07 Å². The van der Waals surface area contributed by atoms with Gasteiger partial charge < -0.3 is 9.73 Å². The largest absolute Gasteiger partial charge is 0.431 e. The molecule has 0 bridgehead atoms. The molecule has 3 rings (SSSR count). The summed E-state index contributed by atoms with van der Waals surface area (Å²) in [5.74, 6) is -0.232. The molecule has 2 aromatic rings. The highest BCUT2D eigenvalue weighted by atomic mass is 19.1. The minimum Gasteiger partial charge on any atom is -0.431 e. The van der Waals surface area contributed by atoms with Gasteiger partial charge in [-0.05, 0) is 24.1 Å². The molecule has 1 aromatic heterocycles. The Labute approximate surface area is 117 Å². The molecule has 0 spiro atoms. The number of hydrogen-bond donors (Lipinski definition) is 1. The molecule has 0 aliphatic carbocycles. The lowest BCUT2D eigenvalue weighted by molar-refractivity contribution is 0.548. The highest BCUT2D eigenvalue weighted by Gasteiger charge is 2.24. The van der Waals surface area contributed by atoms with E-state index >= 15 is 0 Å². The topological polar surface area (TPSA) is 41.3 Å². The van der Waals surface area contributed by atoms with Crippen LogP contribution in [0, 0.1) is 5.82 Å². The van der Waals surface area contributed by atoms with Gasteiger partial charge in [-0.25, -0.2) is 4.39 Å². The third-order valence-corrected chi connectivity index (χ3v) is 3.40. The second kappa shape index (κ2) is 5.25. The molecular weight excluding hydrogens is 257 g/mol. The van der Waals surface area contributed by atoms with Crippen molar-refractivity contribution in [3.05, 3.63) is 41.5 Å². The number of nitrogens with zero attached hydrogens (tertiary/aromatic N) is 2. The van der Waals surface area contributed by atoms with Crippen molar-refractivity contribution < 1.29 is 8.81 Å². The van der Waals surface area contributed by atoms with Crippen molar-refractivity contribution in [3.8, 4) is 0 Å². The summed E-state index contributed by atoms with van der Waals surface area (Å²) >= 11 is 0. The Morgan fingerprint density at radius 3 is 3.10 bits per heavy atom. The number of benzene rings is 1. The van der Waals surface area contributed by atoms with Crippen molar-refractivity contribution in [2.75, 3.05) is 11.4 Å². The van der Waals surface area contributed by atoms with E-state index in [2.05, 4.69) is 24.1 Å². The predicted octanol–water partition coefficient (Wildman–Crippen LogP) is 3.01. The number of halogens is 1. The van der Waals surface area contributed by atoms with Gasteiger partial charge in [-0.15, -0.1) is 0 Å². The van der Waals surface area contributed by atoms with Crippen LogP contribution in [0.5, 0.6) is 0 Å². The van der Waals surface area contributed by atoms with Crippen molar-refractivity contribution in [3.63, 3.8) is 0 Å². The van der Waals surface area contributed by atoms with Gasteiger partial charge in [-0.2, -0.15) is 4.98 Å². The van der Waals surface area contributed by atoms with Crippen LogP contribution in [0.4, 0.5) is 16.1 Å². The summed E-state index contributed by atoms with van der Waals surface area (Å²) in [6, 6.07) is 5.80. The van der Waals surface area contributed by atoms with E-state index in [9.17, 15) is 4.39 Å². The Morgan fingerprint density at radius 2 is 2.30 bits per heavy atom. The highest BCUT2D eigenvalue weighted by molar-refractivity contribution is 5.65. The first kappa shape index (κ1) is 13.1. The normalized spacial score (nSPS) is 14.1. The van der Waals surface area contributed by atoms with Gasteiger partial charge in [0.1, 0.15) is 12.1 Å². The maximum Gasteiger partial charge on any atom is 0.302 e. The molecule has 106 valence electrons. The van der Waals surface area contributed by atoms with Crippen molar-refractivity contribution >= 4 is 11.7 Å². The molecule has 1 N–H and O–H groups in total. The van der Waals surface area contributed by atoms with Crippen molar-refractivity contribution in [2.45, 2.75) is 32.9 Å². The van der Waals surface area contributed by atoms with Crippen LogP contribution in [0.2, 0.25) is 0 Å². The number of aromatic nitrogens is 1. The lowest BCUT2D eigenvalue weighted by Crippen LogP contribution is -2.22. The van der Waals surface area contributed by atoms with E-state index in [4.69, 9.17) is 4.42 Å². The fourth-order valence-electron chi connectivity index (χ4n) is 2.36. The molecule has 4 nitrogen and oxygen atoms in total. The number of fused-ring (bicyclic) bond motifs is 1. The summed E-state index contributed by atoms with van der Waals surface area (Å²) in [6.45, 7) is 5.61. The summed E-state index contributed by atoms with van der Waals surface area (Å²) in [6.07, 6.45) is 2.54. The van der Waals surface area contributed by atoms with Crippen LogP contribution in [0.25, 0.3) is 0 Å². The average Bonchev–Trinajstić information content (AvgIpc) is 3.01. The number of anilines is 2. The summed E-state index contributed by atoms with van der Waals surface area (Å²) in [5.41, 5.74) is 2.85. The van der Waals surface area contributed by atoms with Crippen LogP contribution in [0.15, 0.2) is 28.9 Å². The van der Waals surface area contributed by atoms with Crippen molar-refractivity contribution in [1.29, 1.82) is 0 Å². The summed E-state index contributed by atoms with van der Waals surface area (Å²) in [4.78, 5) is 6.39. The van der Waals surface area contributed by atoms with E-state index in [0.29, 0.717) is 18.6 Å². The molecule has 1 aromatic carbocycles. The number of nitrogens with one attached hydrogen (secondary N) is 1. The lowest BCUT2D eigenvalue weighted by atomic mass is 10.2. The van der Waals surface area contributed by atoms with Gasteiger partial charge in [0.15, 0.2) is 0 Å². The fourth-order valence-corrected chi connectivity index (χ4v) is 2.36. The molecule has 0 fully saturated rings. The standard InChI is InChI=1S/C15H18FN3O/c1-10(2)17-8-13-9-20-15(18-13)19-6-5-11-3-4-12(16)7-14(11)19/h3-4,7,9-10,17H,5-6,8H2,1-2H3. The summed E-state index contributed by atoms with van der Waals surface area (Å²) in [7, 11) is 0. The molecule has 0 radical (unpaired) electrons. The highest BCUT2D eigenvalue weighted by Crippen LogP contribution is 2.34. The van der Waals surface area contributed by atoms with Gasteiger partial charge >= 0.3 is 6.01 Å². The first-order valence-electron chi connectivity index (χ1n) is 6.87. The van der Waals surface area contributed by atoms with Gasteiger partial charge in [0.25, 0.3) is 0 Å². The molecule has 1 aliphatic rings. The molecule has 20 heavy (non-hydrogen) atoms. The minimum atomic E-state index is -0.232. The second-order valence-corrected chi connectivity index (χ2v) is 5.33. The zero-order valence-electron chi connectivity index (χ0n) is 11.7. The Bertz CT molecular complexity index is 609. The Morgan fingerprint density at radius 1 is 1.45 bits per heavy atom. The average molecular weight is 275 g/mol. The van der Waals surface area contributed by atoms with Gasteiger partial charge in [0, 0.05) is 19.1 Å². The monoisotopic (exact) mass is 275 g/mol. The maximum absolute atomic E-state index is 13.4. The third kappa shape index (κ3) is 2.54. The molecule has 2 heterocycles. The van der Waals surface area contributed by atoms with Crippen LogP contribution in [-0.2, 0) is 13.0 Å². The fraction of sp³-hybridized carbons (Fsp3) is 0.400. The van der Waals surface area contributed by atoms with Crippen molar-refractivity contribution in [2.24, 2.45) is 0 Å². The lowest BCUT2D eigenvalue weighted by Gasteiger charge is -2.14. The molecule has 0 saturated carbocycles. The Balaban J connectivity index is 1.80. The van der Waals surface area contributed by atoms with E-state index in [0.717, 1.165) is 29.9 Å². The van der Waals surface area contributed by atoms with E-state index < -0.39 is 0 Å². The van der Waals surface area contributed by atoms with Gasteiger partial charge in [0.05, 0.1) is 11.4 Å². The molecule has 0 atom stereocenters. The number of hydrogen-bond acceptors (Lipinski definition) is 4. The minimum absolute atomic E-state index is 0.232. The maximum atomic E-state index is 13.4. The van der Waals surface area contributed by atoms with E-state index in [-0.39, 0.29) is 5.82 Å². The molecule has 1 aliphatic heterocycles. The summed E-state index contributed by atoms with van der Waals surface area (Å²) in [5, 5.41) is 3.29. The second-order valence-electron chi connectivity index (χ2n) is 5.33. The third-order valence-electron chi connectivity index (χ3n) is 3.40. The smallest absolute Gasteiger partial charge is 0.302 e. The zero-order chi connectivity index (χ0) is 14.1. The number of oxazole rings is 1. The van der Waals surface area contributed by atoms with Crippen LogP contribution < -0.4 is 10.2 Å². The zero-order valence-corrected chi connectivity index (χ0v) is 11.7. The Kier molecular flexibility index (Phi) is 3.44. The van der Waals surface area contributed by atoms with Crippen LogP contribution in [0.3, 0.4) is 0 Å².